The number of benzene rings is 8. The average molecular weight is 644 g/mol. The Kier molecular flexibility index (Phi) is 6.39. The SMILES string of the molecule is c1ccc(-c2ccc(-c3cccc(N(c4ccc5c(c4)oc4ccc6ccccc6c45)c4cccc5sc6ccccc6c45)c3)cc2)cc1. The normalized spacial score (nSPS) is 11.7. The van der Waals surface area contributed by atoms with Crippen LogP contribution in [0.3, 0.4) is 0 Å². The summed E-state index contributed by atoms with van der Waals surface area (Å²) < 4.78 is 9.14. The molecule has 2 heterocycles. The Bertz CT molecular complexity index is 2830. The highest BCUT2D eigenvalue weighted by molar-refractivity contribution is 7.26. The van der Waals surface area contributed by atoms with Crippen molar-refractivity contribution in [2.75, 3.05) is 4.90 Å². The summed E-state index contributed by atoms with van der Waals surface area (Å²) >= 11 is 1.84. The van der Waals surface area contributed by atoms with Gasteiger partial charge in [-0.3, -0.25) is 0 Å². The lowest BCUT2D eigenvalue weighted by molar-refractivity contribution is 0.669. The fourth-order valence-corrected chi connectivity index (χ4v) is 8.48. The quantitative estimate of drug-likeness (QED) is 0.186. The number of thiophene rings is 1. The summed E-state index contributed by atoms with van der Waals surface area (Å²) in [5.74, 6) is 0. The van der Waals surface area contributed by atoms with Gasteiger partial charge in [0, 0.05) is 48.4 Å². The number of hydrogen-bond donors (Lipinski definition) is 0. The molecule has 0 atom stereocenters. The molecule has 0 spiro atoms. The Morgan fingerprint density at radius 2 is 1.06 bits per heavy atom. The average Bonchev–Trinajstić information content (AvgIpc) is 3.74. The van der Waals surface area contributed by atoms with Crippen LogP contribution in [0.25, 0.3) is 75.1 Å². The first-order valence-corrected chi connectivity index (χ1v) is 17.4. The van der Waals surface area contributed by atoms with E-state index in [1.54, 1.807) is 0 Å². The van der Waals surface area contributed by atoms with Gasteiger partial charge in [-0.2, -0.15) is 0 Å². The third-order valence-electron chi connectivity index (χ3n) is 9.65. The summed E-state index contributed by atoms with van der Waals surface area (Å²) in [4.78, 5) is 2.40. The molecule has 0 aliphatic carbocycles. The second-order valence-corrected chi connectivity index (χ2v) is 13.6. The summed E-state index contributed by atoms with van der Waals surface area (Å²) in [5, 5.41) is 7.25. The van der Waals surface area contributed by atoms with E-state index in [9.17, 15) is 0 Å². The Morgan fingerprint density at radius 1 is 0.388 bits per heavy atom. The van der Waals surface area contributed by atoms with Gasteiger partial charge in [0.2, 0.25) is 0 Å². The molecule has 10 aromatic rings. The molecule has 10 rings (SSSR count). The molecule has 3 heteroatoms. The maximum atomic E-state index is 6.58. The second kappa shape index (κ2) is 11.2. The van der Waals surface area contributed by atoms with Crippen molar-refractivity contribution >= 4 is 81.3 Å². The van der Waals surface area contributed by atoms with Crippen molar-refractivity contribution < 1.29 is 4.42 Å². The Balaban J connectivity index is 1.17. The first kappa shape index (κ1) is 27.9. The highest BCUT2D eigenvalue weighted by Crippen LogP contribution is 2.46. The summed E-state index contributed by atoms with van der Waals surface area (Å²) in [6.07, 6.45) is 0. The molecule has 0 N–H and O–H groups in total. The molecule has 0 amide bonds. The molecule has 0 saturated heterocycles. The van der Waals surface area contributed by atoms with Gasteiger partial charge in [-0.05, 0) is 81.6 Å². The lowest BCUT2D eigenvalue weighted by Crippen LogP contribution is -2.10. The Morgan fingerprint density at radius 3 is 1.94 bits per heavy atom. The number of hydrogen-bond acceptors (Lipinski definition) is 3. The smallest absolute Gasteiger partial charge is 0.137 e. The summed E-state index contributed by atoms with van der Waals surface area (Å²) in [5.41, 5.74) is 9.86. The lowest BCUT2D eigenvalue weighted by Gasteiger charge is -2.27. The number of anilines is 3. The van der Waals surface area contributed by atoms with Crippen LogP contribution >= 0.6 is 11.3 Å². The van der Waals surface area contributed by atoms with Crippen LogP contribution in [0.5, 0.6) is 0 Å². The van der Waals surface area contributed by atoms with Crippen molar-refractivity contribution in [3.8, 4) is 22.3 Å². The van der Waals surface area contributed by atoms with Gasteiger partial charge in [0.05, 0.1) is 5.69 Å². The number of fused-ring (bicyclic) bond motifs is 8. The molecule has 230 valence electrons. The van der Waals surface area contributed by atoms with Crippen LogP contribution in [-0.2, 0) is 0 Å². The van der Waals surface area contributed by atoms with Crippen molar-refractivity contribution in [2.45, 2.75) is 0 Å². The molecule has 2 nitrogen and oxygen atoms in total. The second-order valence-electron chi connectivity index (χ2n) is 12.5. The molecule has 0 aliphatic heterocycles. The van der Waals surface area contributed by atoms with Crippen LogP contribution < -0.4 is 4.90 Å². The van der Waals surface area contributed by atoms with Gasteiger partial charge >= 0.3 is 0 Å². The van der Waals surface area contributed by atoms with E-state index in [2.05, 4.69) is 181 Å². The van der Waals surface area contributed by atoms with E-state index < -0.39 is 0 Å². The van der Waals surface area contributed by atoms with Crippen LogP contribution in [0, 0.1) is 0 Å². The van der Waals surface area contributed by atoms with E-state index in [1.807, 2.05) is 11.3 Å². The van der Waals surface area contributed by atoms with Gasteiger partial charge in [0.1, 0.15) is 11.2 Å². The standard InChI is InChI=1S/C46H29NOS/c1-2-10-30(11-3-1)31-20-22-32(23-21-31)34-13-8-14-35(28-34)47(40-17-9-19-44-46(40)39-16-6-7-18-43(39)49-44)36-25-26-38-42(29-36)48-41-27-24-33-12-4-5-15-37(33)45(38)41/h1-29H. The van der Waals surface area contributed by atoms with Gasteiger partial charge in [-0.1, -0.05) is 121 Å². The first-order chi connectivity index (χ1) is 24.3. The highest BCUT2D eigenvalue weighted by atomic mass is 32.1. The van der Waals surface area contributed by atoms with Gasteiger partial charge < -0.3 is 9.32 Å². The van der Waals surface area contributed by atoms with Crippen LogP contribution in [0.4, 0.5) is 17.1 Å². The van der Waals surface area contributed by atoms with E-state index in [1.165, 1.54) is 53.2 Å². The zero-order valence-corrected chi connectivity index (χ0v) is 27.3. The minimum absolute atomic E-state index is 0.879. The molecule has 2 aromatic heterocycles. The molecule has 0 saturated carbocycles. The number of furan rings is 1. The monoisotopic (exact) mass is 643 g/mol. The van der Waals surface area contributed by atoms with Crippen LogP contribution in [0.2, 0.25) is 0 Å². The molecule has 49 heavy (non-hydrogen) atoms. The minimum atomic E-state index is 0.879. The predicted molar refractivity (Wildman–Crippen MR) is 210 cm³/mol. The zero-order valence-electron chi connectivity index (χ0n) is 26.5. The van der Waals surface area contributed by atoms with Crippen molar-refractivity contribution in [1.29, 1.82) is 0 Å². The van der Waals surface area contributed by atoms with E-state index in [-0.39, 0.29) is 0 Å². The van der Waals surface area contributed by atoms with Crippen LogP contribution in [0.1, 0.15) is 0 Å². The predicted octanol–water partition coefficient (Wildman–Crippen LogP) is 13.9. The maximum Gasteiger partial charge on any atom is 0.137 e. The van der Waals surface area contributed by atoms with Gasteiger partial charge in [-0.15, -0.1) is 11.3 Å². The molecular weight excluding hydrogens is 615 g/mol. The minimum Gasteiger partial charge on any atom is -0.456 e. The van der Waals surface area contributed by atoms with E-state index >= 15 is 0 Å². The van der Waals surface area contributed by atoms with E-state index in [0.717, 1.165) is 39.0 Å². The molecule has 0 aliphatic rings. The van der Waals surface area contributed by atoms with Crippen molar-refractivity contribution in [3.63, 3.8) is 0 Å². The molecule has 8 aromatic carbocycles. The van der Waals surface area contributed by atoms with Crippen molar-refractivity contribution in [1.82, 2.24) is 0 Å². The van der Waals surface area contributed by atoms with E-state index in [4.69, 9.17) is 4.42 Å². The maximum absolute atomic E-state index is 6.58. The molecule has 0 radical (unpaired) electrons. The summed E-state index contributed by atoms with van der Waals surface area (Å²) in [6, 6.07) is 63.2. The van der Waals surface area contributed by atoms with Crippen LogP contribution in [0.15, 0.2) is 180 Å². The molecule has 0 fully saturated rings. The molecular formula is C46H29NOS. The third-order valence-corrected chi connectivity index (χ3v) is 10.8. The van der Waals surface area contributed by atoms with Crippen molar-refractivity contribution in [3.05, 3.63) is 176 Å². The van der Waals surface area contributed by atoms with Gasteiger partial charge in [-0.25, -0.2) is 0 Å². The van der Waals surface area contributed by atoms with Gasteiger partial charge in [0.25, 0.3) is 0 Å². The zero-order chi connectivity index (χ0) is 32.3. The topological polar surface area (TPSA) is 16.4 Å². The fraction of sp³-hybridized carbons (Fsp3) is 0. The van der Waals surface area contributed by atoms with Crippen molar-refractivity contribution in [2.24, 2.45) is 0 Å². The molecule has 0 unspecified atom stereocenters. The number of rotatable bonds is 5. The van der Waals surface area contributed by atoms with E-state index in [0.29, 0.717) is 0 Å². The first-order valence-electron chi connectivity index (χ1n) is 16.6. The summed E-state index contributed by atoms with van der Waals surface area (Å²) in [6.45, 7) is 0. The Labute approximate surface area is 287 Å². The number of nitrogens with zero attached hydrogens (tertiary/aromatic N) is 1. The lowest BCUT2D eigenvalue weighted by atomic mass is 9.99. The summed E-state index contributed by atoms with van der Waals surface area (Å²) in [7, 11) is 0. The third kappa shape index (κ3) is 4.62. The Hall–Kier alpha value is -6.16. The van der Waals surface area contributed by atoms with Gasteiger partial charge in [0.15, 0.2) is 0 Å². The van der Waals surface area contributed by atoms with Crippen LogP contribution in [-0.4, -0.2) is 0 Å². The highest BCUT2D eigenvalue weighted by Gasteiger charge is 2.20. The largest absolute Gasteiger partial charge is 0.456 e. The molecule has 0 bridgehead atoms. The fourth-order valence-electron chi connectivity index (χ4n) is 7.35.